The molecule has 4 rings (SSSR count). The number of aryl methyl sites for hydroxylation is 3. The molecule has 0 fully saturated rings. The number of ether oxygens (including phenoxy) is 1. The number of esters is 1. The van der Waals surface area contributed by atoms with E-state index in [1.807, 2.05) is 26.8 Å². The highest BCUT2D eigenvalue weighted by Gasteiger charge is 2.16. The predicted octanol–water partition coefficient (Wildman–Crippen LogP) is 1.34. The fourth-order valence-corrected chi connectivity index (χ4v) is 3.14. The van der Waals surface area contributed by atoms with Gasteiger partial charge in [0.2, 0.25) is 0 Å². The Kier molecular flexibility index (Phi) is 4.34. The lowest BCUT2D eigenvalue weighted by Gasteiger charge is -2.11. The molecule has 0 aliphatic heterocycles. The summed E-state index contributed by atoms with van der Waals surface area (Å²) >= 11 is 0. The van der Waals surface area contributed by atoms with Crippen LogP contribution in [-0.4, -0.2) is 34.9 Å². The highest BCUT2D eigenvalue weighted by atomic mass is 16.5. The zero-order valence-corrected chi connectivity index (χ0v) is 15.7. The zero-order valence-electron chi connectivity index (χ0n) is 15.7. The van der Waals surface area contributed by atoms with Crippen molar-refractivity contribution < 1.29 is 9.53 Å². The van der Waals surface area contributed by atoms with Gasteiger partial charge < -0.3 is 4.74 Å². The molecule has 4 aromatic rings. The minimum atomic E-state index is -0.431. The van der Waals surface area contributed by atoms with E-state index in [4.69, 9.17) is 4.74 Å². The first-order valence-electron chi connectivity index (χ1n) is 8.73. The van der Waals surface area contributed by atoms with Gasteiger partial charge in [0.05, 0.1) is 12.1 Å². The van der Waals surface area contributed by atoms with Crippen molar-refractivity contribution in [3.05, 3.63) is 69.3 Å². The summed E-state index contributed by atoms with van der Waals surface area (Å²) in [5, 5.41) is 4.11. The Hall–Kier alpha value is -3.62. The molecule has 4 heterocycles. The highest BCUT2D eigenvalue weighted by molar-refractivity contribution is 5.73. The molecule has 0 N–H and O–H groups in total. The van der Waals surface area contributed by atoms with E-state index in [0.717, 1.165) is 16.8 Å². The van der Waals surface area contributed by atoms with Crippen LogP contribution < -0.4 is 5.56 Å². The van der Waals surface area contributed by atoms with E-state index >= 15 is 0 Å². The second-order valence-electron chi connectivity index (χ2n) is 6.54. The normalized spacial score (nSPS) is 11.2. The fourth-order valence-electron chi connectivity index (χ4n) is 3.14. The average molecular weight is 378 g/mol. The minimum absolute atomic E-state index is 0.0477. The number of rotatable bonds is 4. The second kappa shape index (κ2) is 6.84. The summed E-state index contributed by atoms with van der Waals surface area (Å²) in [6.45, 7) is 5.47. The molecule has 0 amide bonds. The molecule has 0 spiro atoms. The van der Waals surface area contributed by atoms with Crippen molar-refractivity contribution in [2.45, 2.75) is 33.8 Å². The first kappa shape index (κ1) is 17.8. The summed E-state index contributed by atoms with van der Waals surface area (Å²) < 4.78 is 8.41. The van der Waals surface area contributed by atoms with Gasteiger partial charge >= 0.3 is 5.97 Å². The maximum absolute atomic E-state index is 12.4. The van der Waals surface area contributed by atoms with E-state index < -0.39 is 5.97 Å². The summed E-state index contributed by atoms with van der Waals surface area (Å²) in [6, 6.07) is 5.03. The van der Waals surface area contributed by atoms with Crippen molar-refractivity contribution >= 4 is 17.4 Å². The van der Waals surface area contributed by atoms with E-state index in [-0.39, 0.29) is 18.6 Å². The lowest BCUT2D eigenvalue weighted by molar-refractivity contribution is -0.144. The van der Waals surface area contributed by atoms with Gasteiger partial charge in [-0.1, -0.05) is 6.07 Å². The highest BCUT2D eigenvalue weighted by Crippen LogP contribution is 2.14. The van der Waals surface area contributed by atoms with Crippen LogP contribution in [0.3, 0.4) is 0 Å². The monoisotopic (exact) mass is 378 g/mol. The van der Waals surface area contributed by atoms with Crippen molar-refractivity contribution in [2.75, 3.05) is 0 Å². The third-order valence-corrected chi connectivity index (χ3v) is 4.63. The zero-order chi connectivity index (χ0) is 19.8. The number of carbonyl (C=O) groups is 1. The number of pyridine rings is 1. The van der Waals surface area contributed by atoms with E-state index in [1.165, 1.54) is 16.8 Å². The quantitative estimate of drug-likeness (QED) is 0.494. The average Bonchev–Trinajstić information content (AvgIpc) is 3.13. The smallest absolute Gasteiger partial charge is 0.310 e. The molecule has 0 aliphatic rings. The van der Waals surface area contributed by atoms with Gasteiger partial charge in [0.15, 0.2) is 0 Å². The van der Waals surface area contributed by atoms with Crippen molar-refractivity contribution in [3.8, 4) is 0 Å². The Balaban J connectivity index is 1.53. The van der Waals surface area contributed by atoms with Gasteiger partial charge in [0.1, 0.15) is 18.6 Å². The van der Waals surface area contributed by atoms with Crippen LogP contribution >= 0.6 is 0 Å². The topological polar surface area (TPSA) is 104 Å². The number of fused-ring (bicyclic) bond motifs is 2. The van der Waals surface area contributed by atoms with Gasteiger partial charge in [-0.2, -0.15) is 10.1 Å². The SMILES string of the molecule is Cc1nc2ncnn2c(C)c1CC(=O)OCc1cc(=O)n2cccc(C)c2n1. The summed E-state index contributed by atoms with van der Waals surface area (Å²) in [7, 11) is 0. The Morgan fingerprint density at radius 2 is 2.04 bits per heavy atom. The molecule has 0 bridgehead atoms. The van der Waals surface area contributed by atoms with Crippen LogP contribution in [0.4, 0.5) is 0 Å². The minimum Gasteiger partial charge on any atom is -0.459 e. The second-order valence-corrected chi connectivity index (χ2v) is 6.54. The summed E-state index contributed by atoms with van der Waals surface area (Å²) in [4.78, 5) is 37.5. The largest absolute Gasteiger partial charge is 0.459 e. The number of carbonyl (C=O) groups excluding carboxylic acids is 1. The predicted molar refractivity (Wildman–Crippen MR) is 100.0 cm³/mol. The van der Waals surface area contributed by atoms with Gasteiger partial charge in [-0.15, -0.1) is 0 Å². The summed E-state index contributed by atoms with van der Waals surface area (Å²) in [6.07, 6.45) is 3.13. The Bertz CT molecular complexity index is 1270. The van der Waals surface area contributed by atoms with E-state index in [9.17, 15) is 9.59 Å². The number of nitrogens with zero attached hydrogens (tertiary/aromatic N) is 6. The van der Waals surface area contributed by atoms with Gasteiger partial charge in [0, 0.05) is 29.2 Å². The van der Waals surface area contributed by atoms with Crippen LogP contribution in [0.1, 0.15) is 28.2 Å². The number of aromatic nitrogens is 6. The van der Waals surface area contributed by atoms with Crippen LogP contribution in [0.25, 0.3) is 11.4 Å². The van der Waals surface area contributed by atoms with Crippen LogP contribution in [0.15, 0.2) is 35.5 Å². The van der Waals surface area contributed by atoms with Crippen molar-refractivity contribution in [1.82, 2.24) is 29.0 Å². The molecule has 0 saturated carbocycles. The van der Waals surface area contributed by atoms with Gasteiger partial charge in [-0.05, 0) is 32.4 Å². The Labute approximate surface area is 159 Å². The molecule has 0 saturated heterocycles. The molecular weight excluding hydrogens is 360 g/mol. The van der Waals surface area contributed by atoms with Crippen molar-refractivity contribution in [3.63, 3.8) is 0 Å². The Morgan fingerprint density at radius 3 is 2.86 bits per heavy atom. The van der Waals surface area contributed by atoms with Gasteiger partial charge in [-0.25, -0.2) is 14.5 Å². The molecular formula is C19H18N6O3. The molecule has 4 aromatic heterocycles. The number of hydrogen-bond acceptors (Lipinski definition) is 7. The molecule has 9 heteroatoms. The first-order valence-corrected chi connectivity index (χ1v) is 8.73. The molecule has 0 aliphatic carbocycles. The lowest BCUT2D eigenvalue weighted by atomic mass is 10.1. The van der Waals surface area contributed by atoms with Gasteiger partial charge in [-0.3, -0.25) is 14.0 Å². The van der Waals surface area contributed by atoms with E-state index in [0.29, 0.717) is 22.8 Å². The van der Waals surface area contributed by atoms with Gasteiger partial charge in [0.25, 0.3) is 11.3 Å². The molecule has 0 radical (unpaired) electrons. The van der Waals surface area contributed by atoms with Crippen LogP contribution in [-0.2, 0) is 22.6 Å². The molecule has 0 atom stereocenters. The molecule has 9 nitrogen and oxygen atoms in total. The van der Waals surface area contributed by atoms with Crippen molar-refractivity contribution in [2.24, 2.45) is 0 Å². The summed E-state index contributed by atoms with van der Waals surface area (Å²) in [5.74, 6) is 0.0579. The van der Waals surface area contributed by atoms with Crippen LogP contribution in [0, 0.1) is 20.8 Å². The maximum atomic E-state index is 12.4. The molecule has 0 aromatic carbocycles. The molecule has 28 heavy (non-hydrogen) atoms. The van der Waals surface area contributed by atoms with E-state index in [2.05, 4.69) is 20.1 Å². The fraction of sp³-hybridized carbons (Fsp3) is 0.263. The Morgan fingerprint density at radius 1 is 1.21 bits per heavy atom. The molecule has 0 unspecified atom stereocenters. The van der Waals surface area contributed by atoms with Crippen LogP contribution in [0.5, 0.6) is 0 Å². The number of hydrogen-bond donors (Lipinski definition) is 0. The first-order chi connectivity index (χ1) is 13.4. The van der Waals surface area contributed by atoms with Crippen molar-refractivity contribution in [1.29, 1.82) is 0 Å². The molecule has 142 valence electrons. The third-order valence-electron chi connectivity index (χ3n) is 4.63. The summed E-state index contributed by atoms with van der Waals surface area (Å²) in [5.41, 5.74) is 3.84. The lowest BCUT2D eigenvalue weighted by Crippen LogP contribution is -2.18. The van der Waals surface area contributed by atoms with Crippen LogP contribution in [0.2, 0.25) is 0 Å². The van der Waals surface area contributed by atoms with E-state index in [1.54, 1.807) is 16.8 Å². The third kappa shape index (κ3) is 3.11. The standard InChI is InChI=1S/C19H18N6O3/c1-11-5-4-6-24-16(26)7-14(23-18(11)24)9-28-17(27)8-15-12(2)22-19-20-10-21-25(19)13(15)3/h4-7,10H,8-9H2,1-3H3. The maximum Gasteiger partial charge on any atom is 0.310 e.